The summed E-state index contributed by atoms with van der Waals surface area (Å²) in [6.07, 6.45) is 2.32. The van der Waals surface area contributed by atoms with Crippen molar-refractivity contribution in [3.63, 3.8) is 0 Å². The Balaban J connectivity index is 1.61. The molecule has 0 heterocycles. The van der Waals surface area contributed by atoms with E-state index in [1.807, 2.05) is 37.3 Å². The van der Waals surface area contributed by atoms with Gasteiger partial charge in [-0.3, -0.25) is 14.4 Å². The maximum atomic E-state index is 12.0. The zero-order valence-corrected chi connectivity index (χ0v) is 19.0. The minimum absolute atomic E-state index is 0.131. The van der Waals surface area contributed by atoms with Crippen molar-refractivity contribution in [2.45, 2.75) is 39.0 Å². The molecular weight excluding hydrogens is 426 g/mol. The molecule has 0 unspecified atom stereocenters. The van der Waals surface area contributed by atoms with Crippen LogP contribution in [0.2, 0.25) is 0 Å². The second kappa shape index (κ2) is 13.9. The molecular formula is C24H29N3O4S. The van der Waals surface area contributed by atoms with Gasteiger partial charge >= 0.3 is 5.97 Å². The van der Waals surface area contributed by atoms with Crippen LogP contribution in [0.5, 0.6) is 0 Å². The number of ether oxygens (including phenoxy) is 1. The molecule has 2 aromatic carbocycles. The molecule has 2 rings (SSSR count). The molecule has 2 aromatic rings. The Bertz CT molecular complexity index is 918. The quantitative estimate of drug-likeness (QED) is 0.272. The van der Waals surface area contributed by atoms with E-state index >= 15 is 0 Å². The molecule has 7 nitrogen and oxygen atoms in total. The highest BCUT2D eigenvalue weighted by Crippen LogP contribution is 2.11. The van der Waals surface area contributed by atoms with Crippen molar-refractivity contribution < 1.29 is 19.1 Å². The monoisotopic (exact) mass is 455 g/mol. The molecule has 3 N–H and O–H groups in total. The van der Waals surface area contributed by atoms with E-state index in [-0.39, 0.29) is 35.7 Å². The van der Waals surface area contributed by atoms with Crippen LogP contribution in [-0.4, -0.2) is 36.0 Å². The van der Waals surface area contributed by atoms with Crippen molar-refractivity contribution in [2.24, 2.45) is 0 Å². The Kier molecular flexibility index (Phi) is 10.9. The normalized spacial score (nSPS) is 10.2. The Morgan fingerprint density at radius 1 is 0.969 bits per heavy atom. The molecule has 0 saturated carbocycles. The van der Waals surface area contributed by atoms with Gasteiger partial charge in [-0.1, -0.05) is 36.4 Å². The minimum atomic E-state index is -0.311. The van der Waals surface area contributed by atoms with Crippen LogP contribution < -0.4 is 16.0 Å². The lowest BCUT2D eigenvalue weighted by Crippen LogP contribution is -2.34. The molecule has 0 aliphatic heterocycles. The highest BCUT2D eigenvalue weighted by atomic mass is 32.1. The van der Waals surface area contributed by atoms with E-state index in [0.29, 0.717) is 30.8 Å². The number of thiocarbonyl (C=S) groups is 1. The van der Waals surface area contributed by atoms with Gasteiger partial charge in [0.1, 0.15) is 0 Å². The summed E-state index contributed by atoms with van der Waals surface area (Å²) in [6.45, 7) is 2.74. The molecule has 32 heavy (non-hydrogen) atoms. The summed E-state index contributed by atoms with van der Waals surface area (Å²) in [7, 11) is 0. The van der Waals surface area contributed by atoms with Gasteiger partial charge in [-0.15, -0.1) is 0 Å². The van der Waals surface area contributed by atoms with Crippen LogP contribution >= 0.6 is 12.2 Å². The average Bonchev–Trinajstić information content (AvgIpc) is 2.77. The zero-order valence-electron chi connectivity index (χ0n) is 18.2. The number of esters is 1. The predicted molar refractivity (Wildman–Crippen MR) is 128 cm³/mol. The van der Waals surface area contributed by atoms with Gasteiger partial charge in [-0.25, -0.2) is 0 Å². The summed E-state index contributed by atoms with van der Waals surface area (Å²) in [5.41, 5.74) is 2.30. The van der Waals surface area contributed by atoms with E-state index in [2.05, 4.69) is 16.0 Å². The summed E-state index contributed by atoms with van der Waals surface area (Å²) < 4.78 is 5.21. The molecule has 0 spiro atoms. The van der Waals surface area contributed by atoms with Gasteiger partial charge in [0.25, 0.3) is 5.91 Å². The largest absolute Gasteiger partial charge is 0.466 e. The number of hydrogen-bond acceptors (Lipinski definition) is 5. The standard InChI is InChI=1S/C24H29N3O4S/c1-2-25-23(30)19-12-6-13-20(17-19)26-24(32)27-21(28)14-7-15-22(29)31-16-8-11-18-9-4-3-5-10-18/h3-6,9-10,12-13,17H,2,7-8,11,14-16H2,1H3,(H,25,30)(H2,26,27,28,32). The van der Waals surface area contributed by atoms with Gasteiger partial charge in [-0.05, 0) is 62.2 Å². The van der Waals surface area contributed by atoms with Gasteiger partial charge in [0.05, 0.1) is 6.61 Å². The fourth-order valence-corrected chi connectivity index (χ4v) is 3.16. The first-order valence-corrected chi connectivity index (χ1v) is 11.1. The lowest BCUT2D eigenvalue weighted by molar-refractivity contribution is -0.143. The van der Waals surface area contributed by atoms with Gasteiger partial charge in [0, 0.05) is 30.6 Å². The number of amides is 2. The van der Waals surface area contributed by atoms with E-state index < -0.39 is 0 Å². The molecule has 0 bridgehead atoms. The van der Waals surface area contributed by atoms with Crippen molar-refractivity contribution >= 4 is 40.8 Å². The predicted octanol–water partition coefficient (Wildman–Crippen LogP) is 3.60. The molecule has 170 valence electrons. The molecule has 0 aliphatic carbocycles. The fraction of sp³-hybridized carbons (Fsp3) is 0.333. The topological polar surface area (TPSA) is 96.5 Å². The lowest BCUT2D eigenvalue weighted by Gasteiger charge is -2.11. The third-order valence-corrected chi connectivity index (χ3v) is 4.68. The number of carbonyl (C=O) groups is 3. The molecule has 0 saturated heterocycles. The Hall–Kier alpha value is -3.26. The van der Waals surface area contributed by atoms with Crippen LogP contribution in [0.15, 0.2) is 54.6 Å². The minimum Gasteiger partial charge on any atom is -0.466 e. The second-order valence-corrected chi connectivity index (χ2v) is 7.51. The van der Waals surface area contributed by atoms with Gasteiger partial charge < -0.3 is 20.7 Å². The van der Waals surface area contributed by atoms with Crippen LogP contribution in [-0.2, 0) is 20.7 Å². The number of aryl methyl sites for hydroxylation is 1. The fourth-order valence-electron chi connectivity index (χ4n) is 2.92. The summed E-state index contributed by atoms with van der Waals surface area (Å²) >= 11 is 5.15. The molecule has 2 amide bonds. The molecule has 0 fully saturated rings. The van der Waals surface area contributed by atoms with Crippen LogP contribution in [0.3, 0.4) is 0 Å². The van der Waals surface area contributed by atoms with Crippen LogP contribution in [0.4, 0.5) is 5.69 Å². The summed E-state index contributed by atoms with van der Waals surface area (Å²) in [5.74, 6) is -0.786. The maximum absolute atomic E-state index is 12.0. The van der Waals surface area contributed by atoms with Crippen molar-refractivity contribution in [1.82, 2.24) is 10.6 Å². The molecule has 0 atom stereocenters. The van der Waals surface area contributed by atoms with Gasteiger partial charge in [-0.2, -0.15) is 0 Å². The van der Waals surface area contributed by atoms with Crippen molar-refractivity contribution in [3.8, 4) is 0 Å². The van der Waals surface area contributed by atoms with E-state index in [4.69, 9.17) is 17.0 Å². The Morgan fingerprint density at radius 2 is 1.75 bits per heavy atom. The van der Waals surface area contributed by atoms with Crippen LogP contribution in [0, 0.1) is 0 Å². The summed E-state index contributed by atoms with van der Waals surface area (Å²) in [4.78, 5) is 35.8. The number of benzene rings is 2. The molecule has 0 aliphatic rings. The van der Waals surface area contributed by atoms with E-state index in [1.165, 1.54) is 5.56 Å². The number of hydrogen-bond donors (Lipinski definition) is 3. The van der Waals surface area contributed by atoms with Crippen LogP contribution in [0.1, 0.15) is 48.5 Å². The highest BCUT2D eigenvalue weighted by Gasteiger charge is 2.09. The van der Waals surface area contributed by atoms with Crippen LogP contribution in [0.25, 0.3) is 0 Å². The lowest BCUT2D eigenvalue weighted by atomic mass is 10.1. The van der Waals surface area contributed by atoms with E-state index in [1.54, 1.807) is 24.3 Å². The first kappa shape index (κ1) is 25.0. The zero-order chi connectivity index (χ0) is 23.2. The van der Waals surface area contributed by atoms with Crippen molar-refractivity contribution in [1.29, 1.82) is 0 Å². The van der Waals surface area contributed by atoms with E-state index in [9.17, 15) is 14.4 Å². The van der Waals surface area contributed by atoms with E-state index in [0.717, 1.165) is 12.8 Å². The molecule has 0 radical (unpaired) electrons. The average molecular weight is 456 g/mol. The first-order valence-electron chi connectivity index (χ1n) is 10.7. The summed E-state index contributed by atoms with van der Waals surface area (Å²) in [5, 5.41) is 8.31. The third-order valence-electron chi connectivity index (χ3n) is 4.47. The number of carbonyl (C=O) groups excluding carboxylic acids is 3. The number of rotatable bonds is 11. The molecule has 0 aromatic heterocycles. The number of anilines is 1. The SMILES string of the molecule is CCNC(=O)c1cccc(NC(=S)NC(=O)CCCC(=O)OCCCc2ccccc2)c1. The van der Waals surface area contributed by atoms with Gasteiger partial charge in [0.15, 0.2) is 5.11 Å². The smallest absolute Gasteiger partial charge is 0.305 e. The first-order chi connectivity index (χ1) is 15.5. The third kappa shape index (κ3) is 9.70. The highest BCUT2D eigenvalue weighted by molar-refractivity contribution is 7.80. The Morgan fingerprint density at radius 3 is 2.50 bits per heavy atom. The van der Waals surface area contributed by atoms with Gasteiger partial charge in [0.2, 0.25) is 5.91 Å². The van der Waals surface area contributed by atoms with Crippen molar-refractivity contribution in [3.05, 3.63) is 65.7 Å². The Labute approximate surface area is 193 Å². The second-order valence-electron chi connectivity index (χ2n) is 7.11. The maximum Gasteiger partial charge on any atom is 0.305 e. The van der Waals surface area contributed by atoms with Crippen molar-refractivity contribution in [2.75, 3.05) is 18.5 Å². The summed E-state index contributed by atoms with van der Waals surface area (Å²) in [6, 6.07) is 16.8. The number of nitrogens with one attached hydrogen (secondary N) is 3. The molecule has 8 heteroatoms.